The van der Waals surface area contributed by atoms with Crippen molar-refractivity contribution in [3.05, 3.63) is 59.4 Å². The molecule has 0 aliphatic carbocycles. The average Bonchev–Trinajstić information content (AvgIpc) is 2.95. The number of aromatic nitrogens is 1. The predicted octanol–water partition coefficient (Wildman–Crippen LogP) is 4.44. The first-order valence-corrected chi connectivity index (χ1v) is 9.21. The molecule has 0 unspecified atom stereocenters. The van der Waals surface area contributed by atoms with Crippen LogP contribution < -0.4 is 0 Å². The zero-order valence-corrected chi connectivity index (χ0v) is 14.4. The molecule has 0 aliphatic rings. The van der Waals surface area contributed by atoms with E-state index in [-0.39, 0.29) is 22.4 Å². The standard InChI is InChI=1S/C17H10F5NO3S/c1-27(24,25)17-12(21)4-8(5-13(17)22)15-14(7-18)26-23-16(15)9-2-10(19)6-11(20)3-9/h2-6H,7H2,1H3. The van der Waals surface area contributed by atoms with Crippen molar-refractivity contribution in [2.75, 3.05) is 6.26 Å². The first-order valence-electron chi connectivity index (χ1n) is 7.32. The summed E-state index contributed by atoms with van der Waals surface area (Å²) in [6, 6.07) is 3.67. The van der Waals surface area contributed by atoms with Crippen molar-refractivity contribution in [1.29, 1.82) is 0 Å². The van der Waals surface area contributed by atoms with Crippen molar-refractivity contribution in [1.82, 2.24) is 5.16 Å². The van der Waals surface area contributed by atoms with E-state index in [4.69, 9.17) is 4.52 Å². The summed E-state index contributed by atoms with van der Waals surface area (Å²) in [4.78, 5) is -1.15. The third-order valence-electron chi connectivity index (χ3n) is 3.68. The molecule has 1 heterocycles. The van der Waals surface area contributed by atoms with Gasteiger partial charge in [0.1, 0.15) is 33.9 Å². The highest BCUT2D eigenvalue weighted by atomic mass is 32.2. The molecule has 3 rings (SSSR count). The maximum atomic E-state index is 14.2. The average molecular weight is 403 g/mol. The third kappa shape index (κ3) is 3.57. The maximum Gasteiger partial charge on any atom is 0.181 e. The Balaban J connectivity index is 2.28. The molecule has 0 radical (unpaired) electrons. The fourth-order valence-electron chi connectivity index (χ4n) is 2.66. The molecule has 0 saturated carbocycles. The summed E-state index contributed by atoms with van der Waals surface area (Å²) in [6.45, 7) is -1.23. The fraction of sp³-hybridized carbons (Fsp3) is 0.118. The molecule has 0 bridgehead atoms. The minimum atomic E-state index is -4.20. The van der Waals surface area contributed by atoms with E-state index in [1.807, 2.05) is 0 Å². The normalized spacial score (nSPS) is 11.8. The molecule has 4 nitrogen and oxygen atoms in total. The number of benzene rings is 2. The van der Waals surface area contributed by atoms with Gasteiger partial charge in [-0.15, -0.1) is 0 Å². The van der Waals surface area contributed by atoms with Crippen LogP contribution in [0.2, 0.25) is 0 Å². The van der Waals surface area contributed by atoms with Gasteiger partial charge < -0.3 is 4.52 Å². The molecule has 0 fully saturated rings. The summed E-state index contributed by atoms with van der Waals surface area (Å²) >= 11 is 0. The highest BCUT2D eigenvalue weighted by Crippen LogP contribution is 2.37. The summed E-state index contributed by atoms with van der Waals surface area (Å²) < 4.78 is 96.5. The van der Waals surface area contributed by atoms with Crippen LogP contribution in [0.3, 0.4) is 0 Å². The Morgan fingerprint density at radius 3 is 1.96 bits per heavy atom. The van der Waals surface area contributed by atoms with Gasteiger partial charge in [-0.3, -0.25) is 0 Å². The van der Waals surface area contributed by atoms with Gasteiger partial charge in [-0.25, -0.2) is 30.4 Å². The monoisotopic (exact) mass is 403 g/mol. The van der Waals surface area contributed by atoms with E-state index in [0.717, 1.165) is 12.1 Å². The van der Waals surface area contributed by atoms with E-state index < -0.39 is 50.4 Å². The molecule has 27 heavy (non-hydrogen) atoms. The van der Waals surface area contributed by atoms with Crippen LogP contribution in [-0.2, 0) is 16.5 Å². The number of hydrogen-bond acceptors (Lipinski definition) is 4. The largest absolute Gasteiger partial charge is 0.357 e. The van der Waals surface area contributed by atoms with E-state index >= 15 is 0 Å². The van der Waals surface area contributed by atoms with E-state index in [1.54, 1.807) is 0 Å². The zero-order chi connectivity index (χ0) is 19.9. The molecule has 0 amide bonds. The Morgan fingerprint density at radius 1 is 0.926 bits per heavy atom. The van der Waals surface area contributed by atoms with Gasteiger partial charge in [0.2, 0.25) is 0 Å². The zero-order valence-electron chi connectivity index (χ0n) is 13.6. The second-order valence-corrected chi connectivity index (χ2v) is 7.61. The van der Waals surface area contributed by atoms with Gasteiger partial charge in [-0.05, 0) is 29.8 Å². The number of hydrogen-bond donors (Lipinski definition) is 0. The SMILES string of the molecule is CS(=O)(=O)c1c(F)cc(-c2c(-c3cc(F)cc(F)c3)noc2CF)cc1F. The second kappa shape index (κ2) is 6.76. The molecular formula is C17H10F5NO3S. The molecule has 2 aromatic carbocycles. The molecular weight excluding hydrogens is 393 g/mol. The van der Waals surface area contributed by atoms with Gasteiger partial charge in [0.25, 0.3) is 0 Å². The van der Waals surface area contributed by atoms with Crippen molar-refractivity contribution in [3.63, 3.8) is 0 Å². The Hall–Kier alpha value is -2.75. The molecule has 142 valence electrons. The summed E-state index contributed by atoms with van der Waals surface area (Å²) in [5.41, 5.74) is -0.961. The molecule has 0 N–H and O–H groups in total. The van der Waals surface area contributed by atoms with Crippen LogP contribution in [0, 0.1) is 23.3 Å². The lowest BCUT2D eigenvalue weighted by atomic mass is 9.99. The molecule has 1 aromatic heterocycles. The lowest BCUT2D eigenvalue weighted by Crippen LogP contribution is -2.05. The number of halogens is 5. The van der Waals surface area contributed by atoms with Crippen LogP contribution in [0.1, 0.15) is 5.76 Å². The van der Waals surface area contributed by atoms with Gasteiger partial charge in [0.15, 0.2) is 22.3 Å². The molecule has 0 saturated heterocycles. The molecule has 0 atom stereocenters. The van der Waals surface area contributed by atoms with Gasteiger partial charge in [-0.2, -0.15) is 0 Å². The minimum Gasteiger partial charge on any atom is -0.357 e. The van der Waals surface area contributed by atoms with Crippen LogP contribution in [0.15, 0.2) is 39.8 Å². The van der Waals surface area contributed by atoms with E-state index in [1.165, 1.54) is 0 Å². The van der Waals surface area contributed by atoms with Crippen LogP contribution in [0.25, 0.3) is 22.4 Å². The quantitative estimate of drug-likeness (QED) is 0.605. The highest BCUT2D eigenvalue weighted by molar-refractivity contribution is 7.90. The molecule has 3 aromatic rings. The van der Waals surface area contributed by atoms with Crippen molar-refractivity contribution >= 4 is 9.84 Å². The van der Waals surface area contributed by atoms with Crippen LogP contribution in [0.5, 0.6) is 0 Å². The van der Waals surface area contributed by atoms with Crippen molar-refractivity contribution in [2.24, 2.45) is 0 Å². The van der Waals surface area contributed by atoms with Crippen molar-refractivity contribution < 1.29 is 34.9 Å². The van der Waals surface area contributed by atoms with Gasteiger partial charge >= 0.3 is 0 Å². The van der Waals surface area contributed by atoms with Crippen molar-refractivity contribution in [2.45, 2.75) is 11.6 Å². The third-order valence-corrected chi connectivity index (χ3v) is 4.81. The maximum absolute atomic E-state index is 14.2. The van der Waals surface area contributed by atoms with Crippen LogP contribution in [0.4, 0.5) is 22.0 Å². The number of nitrogens with zero attached hydrogens (tertiary/aromatic N) is 1. The highest BCUT2D eigenvalue weighted by Gasteiger charge is 2.25. The minimum absolute atomic E-state index is 0.154. The lowest BCUT2D eigenvalue weighted by Gasteiger charge is -2.08. The first-order chi connectivity index (χ1) is 12.6. The Bertz CT molecular complexity index is 1100. The summed E-state index contributed by atoms with van der Waals surface area (Å²) in [5, 5.41) is 3.53. The first kappa shape index (κ1) is 19.0. The Morgan fingerprint density at radius 2 is 1.48 bits per heavy atom. The molecule has 0 aliphatic heterocycles. The predicted molar refractivity (Wildman–Crippen MR) is 85.1 cm³/mol. The smallest absolute Gasteiger partial charge is 0.181 e. The van der Waals surface area contributed by atoms with Gasteiger partial charge in [0, 0.05) is 17.9 Å². The molecule has 0 spiro atoms. The number of sulfone groups is 1. The molecule has 10 heteroatoms. The lowest BCUT2D eigenvalue weighted by molar-refractivity contribution is 0.332. The number of alkyl halides is 1. The van der Waals surface area contributed by atoms with E-state index in [9.17, 15) is 30.4 Å². The van der Waals surface area contributed by atoms with E-state index in [2.05, 4.69) is 5.16 Å². The topological polar surface area (TPSA) is 60.2 Å². The van der Waals surface area contributed by atoms with Gasteiger partial charge in [-0.1, -0.05) is 5.16 Å². The second-order valence-electron chi connectivity index (χ2n) is 5.66. The Labute approximate surface area is 150 Å². The Kier molecular flexibility index (Phi) is 4.77. The van der Waals surface area contributed by atoms with Gasteiger partial charge in [0.05, 0.1) is 5.56 Å². The summed E-state index contributed by atoms with van der Waals surface area (Å²) in [7, 11) is -4.20. The van der Waals surface area contributed by atoms with E-state index in [0.29, 0.717) is 24.5 Å². The van der Waals surface area contributed by atoms with Crippen molar-refractivity contribution in [3.8, 4) is 22.4 Å². The summed E-state index contributed by atoms with van der Waals surface area (Å²) in [5.74, 6) is -5.17. The number of rotatable bonds is 4. The summed E-state index contributed by atoms with van der Waals surface area (Å²) in [6.07, 6.45) is 0.627. The van der Waals surface area contributed by atoms with Crippen LogP contribution >= 0.6 is 0 Å². The van der Waals surface area contributed by atoms with Crippen LogP contribution in [-0.4, -0.2) is 19.8 Å². The fourth-order valence-corrected chi connectivity index (χ4v) is 3.49.